The molecule has 29 heavy (non-hydrogen) atoms. The summed E-state index contributed by atoms with van der Waals surface area (Å²) in [5, 5.41) is 15.6. The van der Waals surface area contributed by atoms with Crippen LogP contribution in [0.15, 0.2) is 42.1 Å². The molecule has 2 aromatic rings. The van der Waals surface area contributed by atoms with Crippen molar-refractivity contribution < 1.29 is 14.3 Å². The minimum Gasteiger partial charge on any atom is -0.493 e. The molecule has 0 saturated carbocycles. The van der Waals surface area contributed by atoms with E-state index in [1.165, 1.54) is 6.20 Å². The molecule has 0 unspecified atom stereocenters. The van der Waals surface area contributed by atoms with Gasteiger partial charge in [0.2, 0.25) is 0 Å². The normalized spacial score (nSPS) is 10.8. The van der Waals surface area contributed by atoms with Gasteiger partial charge >= 0.3 is 0 Å². The molecule has 0 radical (unpaired) electrons. The van der Waals surface area contributed by atoms with Crippen LogP contribution in [0.3, 0.4) is 0 Å². The summed E-state index contributed by atoms with van der Waals surface area (Å²) >= 11 is 6.24. The number of anilines is 1. The number of halogens is 1. The number of benzene rings is 2. The summed E-state index contributed by atoms with van der Waals surface area (Å²) in [6.45, 7) is 4.23. The fourth-order valence-corrected chi connectivity index (χ4v) is 3.22. The van der Waals surface area contributed by atoms with Crippen molar-refractivity contribution in [3.8, 4) is 17.6 Å². The summed E-state index contributed by atoms with van der Waals surface area (Å²) in [4.78, 5) is 12.3. The highest BCUT2D eigenvalue weighted by Gasteiger charge is 2.11. The lowest BCUT2D eigenvalue weighted by Gasteiger charge is -2.11. The van der Waals surface area contributed by atoms with Crippen LogP contribution < -0.4 is 20.1 Å². The Bertz CT molecular complexity index is 941. The van der Waals surface area contributed by atoms with Crippen molar-refractivity contribution in [2.45, 2.75) is 20.3 Å². The maximum atomic E-state index is 12.3. The van der Waals surface area contributed by atoms with Gasteiger partial charge in [-0.2, -0.15) is 5.26 Å². The molecular weight excluding hydrogens is 390 g/mol. The van der Waals surface area contributed by atoms with Crippen molar-refractivity contribution >= 4 is 23.2 Å². The third kappa shape index (κ3) is 5.90. The van der Waals surface area contributed by atoms with Crippen LogP contribution in [0.1, 0.15) is 16.7 Å². The number of hydrogen-bond acceptors (Lipinski definition) is 5. The number of carbonyl (C=O) groups excluding carboxylic acids is 1. The fourth-order valence-electron chi connectivity index (χ4n) is 2.84. The van der Waals surface area contributed by atoms with Crippen LogP contribution in [0.5, 0.6) is 11.5 Å². The third-order valence-electron chi connectivity index (χ3n) is 4.30. The molecule has 0 spiro atoms. The minimum absolute atomic E-state index is 0.0339. The molecule has 0 atom stereocenters. The highest BCUT2D eigenvalue weighted by Crippen LogP contribution is 2.28. The first kappa shape index (κ1) is 22.1. The SMILES string of the molecule is COc1ccc(CCNC(=O)/C(C#N)=C\Nc2c(C)cc(C)cc2Cl)cc1OC. The third-order valence-corrected chi connectivity index (χ3v) is 4.60. The zero-order valence-electron chi connectivity index (χ0n) is 16.9. The van der Waals surface area contributed by atoms with Crippen LogP contribution in [0.2, 0.25) is 5.02 Å². The van der Waals surface area contributed by atoms with E-state index in [9.17, 15) is 10.1 Å². The van der Waals surface area contributed by atoms with Crippen LogP contribution in [-0.4, -0.2) is 26.7 Å². The van der Waals surface area contributed by atoms with E-state index in [4.69, 9.17) is 21.1 Å². The van der Waals surface area contributed by atoms with E-state index in [0.29, 0.717) is 35.2 Å². The van der Waals surface area contributed by atoms with Gasteiger partial charge in [-0.15, -0.1) is 0 Å². The second-order valence-electron chi connectivity index (χ2n) is 6.45. The smallest absolute Gasteiger partial charge is 0.263 e. The molecule has 7 heteroatoms. The van der Waals surface area contributed by atoms with Gasteiger partial charge < -0.3 is 20.1 Å². The second kappa shape index (κ2) is 10.4. The molecule has 2 N–H and O–H groups in total. The first-order chi connectivity index (χ1) is 13.9. The Hall–Kier alpha value is -3.17. The number of nitrogens with zero attached hydrogens (tertiary/aromatic N) is 1. The molecule has 1 amide bonds. The first-order valence-electron chi connectivity index (χ1n) is 9.02. The number of aryl methyl sites for hydroxylation is 2. The fraction of sp³-hybridized carbons (Fsp3) is 0.273. The average Bonchev–Trinajstić information content (AvgIpc) is 2.69. The summed E-state index contributed by atoms with van der Waals surface area (Å²) in [7, 11) is 3.15. The first-order valence-corrected chi connectivity index (χ1v) is 9.40. The second-order valence-corrected chi connectivity index (χ2v) is 6.86. The number of hydrogen-bond donors (Lipinski definition) is 2. The Morgan fingerprint density at radius 2 is 1.90 bits per heavy atom. The molecular formula is C22H24ClN3O3. The highest BCUT2D eigenvalue weighted by molar-refractivity contribution is 6.33. The quantitative estimate of drug-likeness (QED) is 0.501. The van der Waals surface area contributed by atoms with Gasteiger partial charge in [-0.3, -0.25) is 4.79 Å². The summed E-state index contributed by atoms with van der Waals surface area (Å²) in [5.41, 5.74) is 3.58. The predicted molar refractivity (Wildman–Crippen MR) is 115 cm³/mol. The van der Waals surface area contributed by atoms with Crippen LogP contribution in [0, 0.1) is 25.2 Å². The molecule has 0 bridgehead atoms. The Labute approximate surface area is 176 Å². The number of nitrogens with one attached hydrogen (secondary N) is 2. The molecule has 2 rings (SSSR count). The number of amides is 1. The lowest BCUT2D eigenvalue weighted by atomic mass is 10.1. The Morgan fingerprint density at radius 3 is 2.52 bits per heavy atom. The topological polar surface area (TPSA) is 83.4 Å². The zero-order chi connectivity index (χ0) is 21.4. The van der Waals surface area contributed by atoms with E-state index >= 15 is 0 Å². The van der Waals surface area contributed by atoms with Gasteiger partial charge in [0.25, 0.3) is 5.91 Å². The molecule has 6 nitrogen and oxygen atoms in total. The molecule has 0 heterocycles. The van der Waals surface area contributed by atoms with Gasteiger partial charge in [-0.05, 0) is 55.2 Å². The van der Waals surface area contributed by atoms with Crippen LogP contribution in [0.25, 0.3) is 0 Å². The number of methoxy groups -OCH3 is 2. The van der Waals surface area contributed by atoms with Crippen LogP contribution >= 0.6 is 11.6 Å². The van der Waals surface area contributed by atoms with Crippen molar-refractivity contribution in [3.05, 3.63) is 63.8 Å². The highest BCUT2D eigenvalue weighted by atomic mass is 35.5. The predicted octanol–water partition coefficient (Wildman–Crippen LogP) is 4.15. The van der Waals surface area contributed by atoms with Crippen LogP contribution in [-0.2, 0) is 11.2 Å². The summed E-state index contributed by atoms with van der Waals surface area (Å²) < 4.78 is 10.5. The van der Waals surface area contributed by atoms with E-state index in [1.807, 2.05) is 50.2 Å². The Balaban J connectivity index is 1.98. The van der Waals surface area contributed by atoms with Crippen molar-refractivity contribution in [2.75, 3.05) is 26.1 Å². The maximum Gasteiger partial charge on any atom is 0.263 e. The monoisotopic (exact) mass is 413 g/mol. The van der Waals surface area contributed by atoms with Crippen molar-refractivity contribution in [1.29, 1.82) is 5.26 Å². The van der Waals surface area contributed by atoms with Gasteiger partial charge in [0.15, 0.2) is 11.5 Å². The number of carbonyl (C=O) groups is 1. The average molecular weight is 414 g/mol. The summed E-state index contributed by atoms with van der Waals surface area (Å²) in [6, 6.07) is 11.3. The van der Waals surface area contributed by atoms with E-state index in [-0.39, 0.29) is 5.57 Å². The van der Waals surface area contributed by atoms with Crippen molar-refractivity contribution in [2.24, 2.45) is 0 Å². The van der Waals surface area contributed by atoms with Gasteiger partial charge in [0, 0.05) is 12.7 Å². The van der Waals surface area contributed by atoms with Gasteiger partial charge in [0.05, 0.1) is 24.9 Å². The lowest BCUT2D eigenvalue weighted by molar-refractivity contribution is -0.117. The Kier molecular flexibility index (Phi) is 7.93. The minimum atomic E-state index is -0.457. The summed E-state index contributed by atoms with van der Waals surface area (Å²) in [5.74, 6) is 0.816. The molecule has 0 fully saturated rings. The van der Waals surface area contributed by atoms with E-state index in [0.717, 1.165) is 16.7 Å². The number of ether oxygens (including phenoxy) is 2. The van der Waals surface area contributed by atoms with Crippen molar-refractivity contribution in [3.63, 3.8) is 0 Å². The van der Waals surface area contributed by atoms with Crippen molar-refractivity contribution in [1.82, 2.24) is 5.32 Å². The largest absolute Gasteiger partial charge is 0.493 e. The molecule has 0 aliphatic rings. The molecule has 0 aliphatic carbocycles. The number of nitriles is 1. The molecule has 0 saturated heterocycles. The van der Waals surface area contributed by atoms with Gasteiger partial charge in [-0.1, -0.05) is 23.7 Å². The standard InChI is InChI=1S/C22H24ClN3O3/c1-14-9-15(2)21(18(23)10-14)26-13-17(12-24)22(27)25-8-7-16-5-6-19(28-3)20(11-16)29-4/h5-6,9-11,13,26H,7-8H2,1-4H3,(H,25,27)/b17-13-. The Morgan fingerprint density at radius 1 is 1.17 bits per heavy atom. The molecule has 0 aromatic heterocycles. The van der Waals surface area contributed by atoms with Crippen LogP contribution in [0.4, 0.5) is 5.69 Å². The molecule has 152 valence electrons. The molecule has 2 aromatic carbocycles. The molecule has 0 aliphatic heterocycles. The van der Waals surface area contributed by atoms with Gasteiger partial charge in [-0.25, -0.2) is 0 Å². The summed E-state index contributed by atoms with van der Waals surface area (Å²) in [6.07, 6.45) is 1.95. The number of rotatable bonds is 8. The lowest BCUT2D eigenvalue weighted by Crippen LogP contribution is -2.27. The van der Waals surface area contributed by atoms with Gasteiger partial charge in [0.1, 0.15) is 11.6 Å². The zero-order valence-corrected chi connectivity index (χ0v) is 17.7. The van der Waals surface area contributed by atoms with E-state index < -0.39 is 5.91 Å². The van der Waals surface area contributed by atoms with E-state index in [2.05, 4.69) is 10.6 Å². The van der Waals surface area contributed by atoms with E-state index in [1.54, 1.807) is 14.2 Å². The maximum absolute atomic E-state index is 12.3.